The lowest BCUT2D eigenvalue weighted by Gasteiger charge is -2.25. The Morgan fingerprint density at radius 3 is 2.61 bits per heavy atom. The number of benzene rings is 1. The second-order valence-corrected chi connectivity index (χ2v) is 4.46. The van der Waals surface area contributed by atoms with Crippen LogP contribution in [-0.2, 0) is 16.1 Å². The molecule has 0 aliphatic carbocycles. The molecule has 0 spiro atoms. The molecule has 1 atom stereocenters. The molecule has 5 nitrogen and oxygen atoms in total. The Bertz CT molecular complexity index is 383. The van der Waals surface area contributed by atoms with E-state index in [1.807, 2.05) is 36.2 Å². The Morgan fingerprint density at radius 1 is 1.50 bits per heavy atom. The molecular weight excluding hydrogens is 254 g/mol. The predicted octanol–water partition coefficient (Wildman–Crippen LogP) is 0.777. The summed E-state index contributed by atoms with van der Waals surface area (Å²) in [5.74, 6) is 4.88. The molecule has 0 aromatic heterocycles. The third-order valence-corrected chi connectivity index (χ3v) is 2.90. The van der Waals surface area contributed by atoms with Crippen LogP contribution < -0.4 is 11.3 Å². The number of halogens is 1. The number of nitrogens with one attached hydrogen (secondary N) is 1. The van der Waals surface area contributed by atoms with Gasteiger partial charge in [-0.15, -0.1) is 0 Å². The summed E-state index contributed by atoms with van der Waals surface area (Å²) in [6, 6.07) is 7.06. The van der Waals surface area contributed by atoms with E-state index in [2.05, 4.69) is 5.43 Å². The fourth-order valence-corrected chi connectivity index (χ4v) is 1.77. The Hall–Kier alpha value is -1.14. The summed E-state index contributed by atoms with van der Waals surface area (Å²) in [4.78, 5) is 13.5. The van der Waals surface area contributed by atoms with Gasteiger partial charge in [0.1, 0.15) is 6.04 Å². The average Bonchev–Trinajstić information content (AvgIpc) is 2.37. The van der Waals surface area contributed by atoms with Crippen LogP contribution in [0.1, 0.15) is 5.56 Å². The highest BCUT2D eigenvalue weighted by Gasteiger charge is 2.22. The van der Waals surface area contributed by atoms with Crippen molar-refractivity contribution < 1.29 is 9.53 Å². The van der Waals surface area contributed by atoms with E-state index < -0.39 is 6.04 Å². The smallest absolute Gasteiger partial charge is 0.253 e. The SMILES string of the molecule is COCC(C(=O)NN)N(C)Cc1ccc(Cl)cc1. The predicted molar refractivity (Wildman–Crippen MR) is 70.9 cm³/mol. The van der Waals surface area contributed by atoms with Crippen molar-refractivity contribution in [1.29, 1.82) is 0 Å². The molecule has 0 heterocycles. The molecule has 1 aromatic carbocycles. The van der Waals surface area contributed by atoms with Gasteiger partial charge in [-0.1, -0.05) is 23.7 Å². The molecule has 0 aliphatic heterocycles. The van der Waals surface area contributed by atoms with E-state index >= 15 is 0 Å². The second kappa shape index (κ2) is 7.33. The number of hydrazine groups is 1. The molecule has 0 radical (unpaired) electrons. The lowest BCUT2D eigenvalue weighted by molar-refractivity contribution is -0.128. The largest absolute Gasteiger partial charge is 0.383 e. The summed E-state index contributed by atoms with van der Waals surface area (Å²) >= 11 is 5.82. The van der Waals surface area contributed by atoms with Crippen LogP contribution in [0.3, 0.4) is 0 Å². The van der Waals surface area contributed by atoms with Crippen molar-refractivity contribution in [3.05, 3.63) is 34.9 Å². The Kier molecular flexibility index (Phi) is 6.07. The lowest BCUT2D eigenvalue weighted by atomic mass is 10.2. The second-order valence-electron chi connectivity index (χ2n) is 4.02. The number of carbonyl (C=O) groups is 1. The van der Waals surface area contributed by atoms with Crippen LogP contribution in [0.5, 0.6) is 0 Å². The summed E-state index contributed by atoms with van der Waals surface area (Å²) < 4.78 is 5.03. The van der Waals surface area contributed by atoms with Crippen LogP contribution in [-0.4, -0.2) is 37.6 Å². The molecule has 1 unspecified atom stereocenters. The van der Waals surface area contributed by atoms with Crippen molar-refractivity contribution in [2.45, 2.75) is 12.6 Å². The molecule has 1 rings (SSSR count). The number of hydrogen-bond acceptors (Lipinski definition) is 4. The van der Waals surface area contributed by atoms with Crippen molar-refractivity contribution in [3.8, 4) is 0 Å². The fraction of sp³-hybridized carbons (Fsp3) is 0.417. The van der Waals surface area contributed by atoms with Gasteiger partial charge >= 0.3 is 0 Å². The number of hydrogen-bond donors (Lipinski definition) is 2. The highest BCUT2D eigenvalue weighted by Crippen LogP contribution is 2.12. The van der Waals surface area contributed by atoms with Gasteiger partial charge < -0.3 is 4.74 Å². The number of nitrogens with two attached hydrogens (primary N) is 1. The molecule has 0 aliphatic rings. The molecule has 3 N–H and O–H groups in total. The zero-order valence-corrected chi connectivity index (χ0v) is 11.3. The zero-order chi connectivity index (χ0) is 13.5. The summed E-state index contributed by atoms with van der Waals surface area (Å²) in [5, 5.41) is 0.689. The molecule has 0 bridgehead atoms. The minimum Gasteiger partial charge on any atom is -0.383 e. The quantitative estimate of drug-likeness (QED) is 0.456. The maximum atomic E-state index is 11.6. The van der Waals surface area contributed by atoms with Gasteiger partial charge in [-0.3, -0.25) is 15.1 Å². The van der Waals surface area contributed by atoms with Gasteiger partial charge in [0.25, 0.3) is 5.91 Å². The standard InChI is InChI=1S/C12H18ClN3O2/c1-16(11(8-18-2)12(17)15-14)7-9-3-5-10(13)6-4-9/h3-6,11H,7-8,14H2,1-2H3,(H,15,17). The van der Waals surface area contributed by atoms with E-state index in [1.54, 1.807) is 7.11 Å². The zero-order valence-electron chi connectivity index (χ0n) is 10.5. The maximum absolute atomic E-state index is 11.6. The van der Waals surface area contributed by atoms with Gasteiger partial charge in [0, 0.05) is 18.7 Å². The molecule has 0 saturated carbocycles. The van der Waals surface area contributed by atoms with E-state index in [0.29, 0.717) is 11.6 Å². The average molecular weight is 272 g/mol. The lowest BCUT2D eigenvalue weighted by Crippen LogP contribution is -2.49. The molecule has 0 fully saturated rings. The molecule has 100 valence electrons. The van der Waals surface area contributed by atoms with Crippen LogP contribution in [0, 0.1) is 0 Å². The topological polar surface area (TPSA) is 67.6 Å². The molecule has 0 saturated heterocycles. The minimum absolute atomic E-state index is 0.270. The Balaban J connectivity index is 2.68. The van der Waals surface area contributed by atoms with Crippen LogP contribution >= 0.6 is 11.6 Å². The first-order valence-corrected chi connectivity index (χ1v) is 5.90. The molecule has 6 heteroatoms. The van der Waals surface area contributed by atoms with E-state index in [1.165, 1.54) is 0 Å². The summed E-state index contributed by atoms with van der Waals surface area (Å²) in [5.41, 5.74) is 3.21. The number of amides is 1. The van der Waals surface area contributed by atoms with Crippen molar-refractivity contribution >= 4 is 17.5 Å². The van der Waals surface area contributed by atoms with Gasteiger partial charge in [-0.2, -0.15) is 0 Å². The van der Waals surface area contributed by atoms with Gasteiger partial charge in [0.15, 0.2) is 0 Å². The van der Waals surface area contributed by atoms with Gasteiger partial charge in [-0.05, 0) is 24.7 Å². The molecule has 1 amide bonds. The summed E-state index contributed by atoms with van der Waals surface area (Å²) in [7, 11) is 3.39. The number of carbonyl (C=O) groups excluding carboxylic acids is 1. The Labute approximate surface area is 112 Å². The summed E-state index contributed by atoms with van der Waals surface area (Å²) in [6.45, 7) is 0.895. The summed E-state index contributed by atoms with van der Waals surface area (Å²) in [6.07, 6.45) is 0. The molecule has 1 aromatic rings. The monoisotopic (exact) mass is 271 g/mol. The first-order valence-electron chi connectivity index (χ1n) is 5.52. The van der Waals surface area contributed by atoms with E-state index in [0.717, 1.165) is 5.56 Å². The third-order valence-electron chi connectivity index (χ3n) is 2.65. The molecular formula is C12H18ClN3O2. The van der Waals surface area contributed by atoms with Crippen LogP contribution in [0.2, 0.25) is 5.02 Å². The Morgan fingerprint density at radius 2 is 2.11 bits per heavy atom. The highest BCUT2D eigenvalue weighted by atomic mass is 35.5. The first kappa shape index (κ1) is 14.9. The molecule has 18 heavy (non-hydrogen) atoms. The van der Waals surface area contributed by atoms with Crippen molar-refractivity contribution in [2.75, 3.05) is 20.8 Å². The van der Waals surface area contributed by atoms with Crippen molar-refractivity contribution in [3.63, 3.8) is 0 Å². The van der Waals surface area contributed by atoms with Crippen LogP contribution in [0.4, 0.5) is 0 Å². The van der Waals surface area contributed by atoms with Crippen LogP contribution in [0.25, 0.3) is 0 Å². The maximum Gasteiger partial charge on any atom is 0.253 e. The van der Waals surface area contributed by atoms with Gasteiger partial charge in [-0.25, -0.2) is 5.84 Å². The van der Waals surface area contributed by atoms with E-state index in [-0.39, 0.29) is 12.5 Å². The highest BCUT2D eigenvalue weighted by molar-refractivity contribution is 6.30. The minimum atomic E-state index is -0.421. The first-order chi connectivity index (χ1) is 8.58. The van der Waals surface area contributed by atoms with Crippen molar-refractivity contribution in [2.24, 2.45) is 5.84 Å². The van der Waals surface area contributed by atoms with Crippen LogP contribution in [0.15, 0.2) is 24.3 Å². The fourth-order valence-electron chi connectivity index (χ4n) is 1.65. The third kappa shape index (κ3) is 4.27. The number of rotatable bonds is 6. The number of ether oxygens (including phenoxy) is 1. The number of likely N-dealkylation sites (N-methyl/N-ethyl adjacent to an activating group) is 1. The van der Waals surface area contributed by atoms with Gasteiger partial charge in [0.2, 0.25) is 0 Å². The van der Waals surface area contributed by atoms with Gasteiger partial charge in [0.05, 0.1) is 6.61 Å². The van der Waals surface area contributed by atoms with E-state index in [9.17, 15) is 4.79 Å². The normalized spacial score (nSPS) is 12.5. The van der Waals surface area contributed by atoms with E-state index in [4.69, 9.17) is 22.2 Å². The number of nitrogens with zero attached hydrogens (tertiary/aromatic N) is 1. The van der Waals surface area contributed by atoms with Crippen molar-refractivity contribution in [1.82, 2.24) is 10.3 Å². The number of methoxy groups -OCH3 is 1.